The van der Waals surface area contributed by atoms with E-state index in [4.69, 9.17) is 14.9 Å². The van der Waals surface area contributed by atoms with Crippen molar-refractivity contribution in [2.45, 2.75) is 6.42 Å². The number of aromatic nitrogens is 1. The molecule has 0 saturated heterocycles. The first-order chi connectivity index (χ1) is 10.5. The number of rotatable bonds is 6. The maximum Gasteiger partial charge on any atom is 0.371 e. The zero-order chi connectivity index (χ0) is 16.1. The Bertz CT molecular complexity index is 712. The van der Waals surface area contributed by atoms with Crippen LogP contribution in [0.15, 0.2) is 48.5 Å². The molecule has 0 spiro atoms. The largest absolute Gasteiger partial charge is 0.502 e. The number of nitrogens with one attached hydrogen (secondary N) is 1. The number of allylic oxidation sites excluding steroid dienone is 1. The summed E-state index contributed by atoms with van der Waals surface area (Å²) in [5, 5.41) is 17.7. The van der Waals surface area contributed by atoms with Crippen molar-refractivity contribution in [3.05, 3.63) is 65.2 Å². The summed E-state index contributed by atoms with van der Waals surface area (Å²) in [5.74, 6) is -2.35. The highest BCUT2D eigenvalue weighted by Crippen LogP contribution is 2.18. The van der Waals surface area contributed by atoms with Crippen LogP contribution in [0.1, 0.15) is 21.5 Å². The van der Waals surface area contributed by atoms with Gasteiger partial charge in [0.2, 0.25) is 5.76 Å². The van der Waals surface area contributed by atoms with Gasteiger partial charge in [0.25, 0.3) is 0 Å². The van der Waals surface area contributed by atoms with Crippen molar-refractivity contribution in [3.63, 3.8) is 0 Å². The molecule has 0 aliphatic heterocycles. The van der Waals surface area contributed by atoms with E-state index in [1.54, 1.807) is 13.3 Å². The number of carbonyl (C=O) groups excluding carboxylic acids is 1. The Morgan fingerprint density at radius 3 is 2.45 bits per heavy atom. The summed E-state index contributed by atoms with van der Waals surface area (Å²) < 4.78 is 5.08. The van der Waals surface area contributed by atoms with Crippen LogP contribution in [0.4, 0.5) is 0 Å². The molecule has 0 aliphatic carbocycles. The Morgan fingerprint density at radius 1 is 1.18 bits per heavy atom. The van der Waals surface area contributed by atoms with Crippen molar-refractivity contribution in [3.8, 4) is 5.75 Å². The number of aromatic amines is 1. The molecular weight excluding hydrogens is 286 g/mol. The highest BCUT2D eigenvalue weighted by Gasteiger charge is 2.14. The second kappa shape index (κ2) is 6.62. The lowest BCUT2D eigenvalue weighted by atomic mass is 10.0. The van der Waals surface area contributed by atoms with Gasteiger partial charge in [-0.2, -0.15) is 0 Å². The SMILES string of the molecule is COc1ccc(Cc2c[nH]cc2C(=O)/C=C(\O)C(=O)O)cc1. The number of aliphatic hydroxyl groups excluding tert-OH is 1. The smallest absolute Gasteiger partial charge is 0.371 e. The van der Waals surface area contributed by atoms with Crippen LogP contribution >= 0.6 is 0 Å². The van der Waals surface area contributed by atoms with Crippen LogP contribution < -0.4 is 4.74 Å². The number of hydrogen-bond donors (Lipinski definition) is 3. The summed E-state index contributed by atoms with van der Waals surface area (Å²) in [7, 11) is 1.58. The van der Waals surface area contributed by atoms with Gasteiger partial charge in [0.15, 0.2) is 5.78 Å². The van der Waals surface area contributed by atoms with Gasteiger partial charge in [0.05, 0.1) is 7.11 Å². The molecule has 2 rings (SSSR count). The van der Waals surface area contributed by atoms with Gasteiger partial charge in [-0.15, -0.1) is 0 Å². The molecule has 6 nitrogen and oxygen atoms in total. The topological polar surface area (TPSA) is 99.6 Å². The fourth-order valence-corrected chi connectivity index (χ4v) is 2.00. The third-order valence-corrected chi connectivity index (χ3v) is 3.14. The molecule has 1 aromatic carbocycles. The molecule has 114 valence electrons. The third kappa shape index (κ3) is 3.54. The summed E-state index contributed by atoms with van der Waals surface area (Å²) in [4.78, 5) is 25.4. The van der Waals surface area contributed by atoms with Gasteiger partial charge in [0, 0.05) is 24.0 Å². The summed E-state index contributed by atoms with van der Waals surface area (Å²) in [5.41, 5.74) is 2.01. The Labute approximate surface area is 126 Å². The monoisotopic (exact) mass is 301 g/mol. The molecule has 3 N–H and O–H groups in total. The molecule has 0 radical (unpaired) electrons. The number of carboxylic acids is 1. The minimum absolute atomic E-state index is 0.323. The van der Waals surface area contributed by atoms with Gasteiger partial charge in [-0.05, 0) is 29.7 Å². The second-order valence-electron chi connectivity index (χ2n) is 4.62. The number of benzene rings is 1. The lowest BCUT2D eigenvalue weighted by molar-refractivity contribution is -0.135. The highest BCUT2D eigenvalue weighted by molar-refractivity contribution is 6.08. The third-order valence-electron chi connectivity index (χ3n) is 3.14. The quantitative estimate of drug-likeness (QED) is 0.432. The van der Waals surface area contributed by atoms with E-state index in [9.17, 15) is 9.59 Å². The fraction of sp³-hybridized carbons (Fsp3) is 0.125. The number of ether oxygens (including phenoxy) is 1. The summed E-state index contributed by atoms with van der Waals surface area (Å²) in [6.45, 7) is 0. The second-order valence-corrected chi connectivity index (χ2v) is 4.62. The van der Waals surface area contributed by atoms with E-state index in [-0.39, 0.29) is 0 Å². The van der Waals surface area contributed by atoms with Crippen LogP contribution in [0.5, 0.6) is 5.75 Å². The molecular formula is C16H15NO5. The minimum Gasteiger partial charge on any atom is -0.502 e. The lowest BCUT2D eigenvalue weighted by Gasteiger charge is -2.04. The molecule has 0 fully saturated rings. The van der Waals surface area contributed by atoms with Gasteiger partial charge in [0.1, 0.15) is 5.75 Å². The number of aliphatic carboxylic acids is 1. The molecule has 0 amide bonds. The number of carbonyl (C=O) groups is 2. The van der Waals surface area contributed by atoms with Crippen molar-refractivity contribution in [2.24, 2.45) is 0 Å². The zero-order valence-electron chi connectivity index (χ0n) is 11.9. The van der Waals surface area contributed by atoms with Crippen LogP contribution in [0.3, 0.4) is 0 Å². The van der Waals surface area contributed by atoms with Crippen LogP contribution in [-0.4, -0.2) is 34.1 Å². The number of ketones is 1. The molecule has 1 aromatic heterocycles. The van der Waals surface area contributed by atoms with E-state index in [0.29, 0.717) is 23.6 Å². The summed E-state index contributed by atoms with van der Waals surface area (Å²) in [6, 6.07) is 7.40. The first kappa shape index (κ1) is 15.4. The minimum atomic E-state index is -1.54. The van der Waals surface area contributed by atoms with E-state index in [2.05, 4.69) is 4.98 Å². The van der Waals surface area contributed by atoms with Crippen LogP contribution in [0.25, 0.3) is 0 Å². The van der Waals surface area contributed by atoms with Gasteiger partial charge >= 0.3 is 5.97 Å². The van der Waals surface area contributed by atoms with E-state index in [1.807, 2.05) is 24.3 Å². The van der Waals surface area contributed by atoms with Crippen LogP contribution in [0.2, 0.25) is 0 Å². The summed E-state index contributed by atoms with van der Waals surface area (Å²) >= 11 is 0. The first-order valence-corrected chi connectivity index (χ1v) is 6.48. The van der Waals surface area contributed by atoms with Gasteiger partial charge in [-0.1, -0.05) is 12.1 Å². The molecule has 0 bridgehead atoms. The van der Waals surface area contributed by atoms with Gasteiger partial charge in [-0.3, -0.25) is 4.79 Å². The Balaban J connectivity index is 2.20. The Kier molecular flexibility index (Phi) is 4.63. The molecule has 0 aliphatic rings. The van der Waals surface area contributed by atoms with E-state index >= 15 is 0 Å². The molecule has 2 aromatic rings. The zero-order valence-corrected chi connectivity index (χ0v) is 11.9. The van der Waals surface area contributed by atoms with Crippen molar-refractivity contribution in [1.82, 2.24) is 4.98 Å². The van der Waals surface area contributed by atoms with Crippen molar-refractivity contribution in [2.75, 3.05) is 7.11 Å². The maximum atomic E-state index is 12.0. The van der Waals surface area contributed by atoms with Crippen LogP contribution in [-0.2, 0) is 11.2 Å². The predicted octanol–water partition coefficient (Wildman–Crippen LogP) is 2.32. The predicted molar refractivity (Wildman–Crippen MR) is 79.3 cm³/mol. The number of carboxylic acid groups (broad SMARTS) is 1. The standard InChI is InChI=1S/C16H15NO5/c1-22-12-4-2-10(3-5-12)6-11-8-17-9-13(11)14(18)7-15(19)16(20)21/h2-5,7-9,17,19H,6H2,1H3,(H,20,21)/b15-7-. The van der Waals surface area contributed by atoms with E-state index < -0.39 is 17.5 Å². The van der Waals surface area contributed by atoms with E-state index in [0.717, 1.165) is 11.3 Å². The van der Waals surface area contributed by atoms with Gasteiger partial charge < -0.3 is 19.9 Å². The molecule has 0 unspecified atom stereocenters. The molecule has 22 heavy (non-hydrogen) atoms. The number of H-pyrrole nitrogens is 1. The summed E-state index contributed by atoms with van der Waals surface area (Å²) in [6.07, 6.45) is 4.34. The molecule has 6 heteroatoms. The van der Waals surface area contributed by atoms with Crippen molar-refractivity contribution >= 4 is 11.8 Å². The number of aliphatic hydroxyl groups is 1. The molecule has 0 saturated carbocycles. The number of hydrogen-bond acceptors (Lipinski definition) is 4. The maximum absolute atomic E-state index is 12.0. The molecule has 0 atom stereocenters. The average Bonchev–Trinajstić information content (AvgIpc) is 2.96. The van der Waals surface area contributed by atoms with Crippen molar-refractivity contribution in [1.29, 1.82) is 0 Å². The first-order valence-electron chi connectivity index (χ1n) is 6.48. The number of methoxy groups -OCH3 is 1. The molecule has 1 heterocycles. The van der Waals surface area contributed by atoms with Crippen LogP contribution in [0, 0.1) is 0 Å². The van der Waals surface area contributed by atoms with E-state index in [1.165, 1.54) is 6.20 Å². The Hall–Kier alpha value is -3.02. The fourth-order valence-electron chi connectivity index (χ4n) is 2.00. The van der Waals surface area contributed by atoms with Gasteiger partial charge in [-0.25, -0.2) is 4.79 Å². The average molecular weight is 301 g/mol. The van der Waals surface area contributed by atoms with Crippen molar-refractivity contribution < 1.29 is 24.5 Å². The normalized spacial score (nSPS) is 11.2. The lowest BCUT2D eigenvalue weighted by Crippen LogP contribution is -2.05. The highest BCUT2D eigenvalue weighted by atomic mass is 16.5. The Morgan fingerprint density at radius 2 is 1.86 bits per heavy atom.